The largest absolute Gasteiger partial charge is 0.496 e. The van der Waals surface area contributed by atoms with Crippen LogP contribution in [0.4, 0.5) is 0 Å². The van der Waals surface area contributed by atoms with Crippen LogP contribution in [0.3, 0.4) is 0 Å². The Kier molecular flexibility index (Phi) is 5.17. The first-order chi connectivity index (χ1) is 9.97. The molecular weight excluding hydrogens is 286 g/mol. The maximum atomic E-state index is 11.7. The molecule has 0 aromatic heterocycles. The molecule has 2 unspecified atom stereocenters. The third kappa shape index (κ3) is 3.71. The van der Waals surface area contributed by atoms with Crippen molar-refractivity contribution in [1.29, 1.82) is 0 Å². The molecule has 5 heteroatoms. The topological polar surface area (TPSA) is 58.6 Å². The molecule has 0 heterocycles. The van der Waals surface area contributed by atoms with Gasteiger partial charge in [0.1, 0.15) is 11.3 Å². The lowest BCUT2D eigenvalue weighted by molar-refractivity contribution is -0.145. The van der Waals surface area contributed by atoms with E-state index in [1.165, 1.54) is 0 Å². The van der Waals surface area contributed by atoms with Crippen molar-refractivity contribution in [3.05, 3.63) is 24.3 Å². The number of hydrogen-bond acceptors (Lipinski definition) is 4. The predicted molar refractivity (Wildman–Crippen MR) is 85.1 cm³/mol. The van der Waals surface area contributed by atoms with E-state index in [1.54, 1.807) is 18.9 Å². The van der Waals surface area contributed by atoms with Crippen molar-refractivity contribution >= 4 is 17.7 Å². The zero-order valence-corrected chi connectivity index (χ0v) is 13.6. The van der Waals surface area contributed by atoms with Crippen LogP contribution in [0.5, 0.6) is 5.75 Å². The van der Waals surface area contributed by atoms with Crippen LogP contribution in [0.15, 0.2) is 29.2 Å². The van der Waals surface area contributed by atoms with Gasteiger partial charge in [0.25, 0.3) is 0 Å². The molecule has 0 radical (unpaired) electrons. The number of rotatable bonds is 6. The second kappa shape index (κ2) is 6.71. The van der Waals surface area contributed by atoms with Crippen molar-refractivity contribution in [3.63, 3.8) is 0 Å². The summed E-state index contributed by atoms with van der Waals surface area (Å²) >= 11 is 1.72. The van der Waals surface area contributed by atoms with Crippen molar-refractivity contribution in [2.45, 2.75) is 54.8 Å². The maximum absolute atomic E-state index is 11.7. The van der Waals surface area contributed by atoms with Crippen LogP contribution in [-0.4, -0.2) is 35.0 Å². The Balaban J connectivity index is 2.09. The van der Waals surface area contributed by atoms with Crippen LogP contribution in [0.25, 0.3) is 0 Å². The fourth-order valence-corrected chi connectivity index (χ4v) is 4.32. The van der Waals surface area contributed by atoms with Crippen molar-refractivity contribution in [2.75, 3.05) is 7.11 Å². The highest BCUT2D eigenvalue weighted by molar-refractivity contribution is 8.00. The van der Waals surface area contributed by atoms with Gasteiger partial charge in [0.05, 0.1) is 7.11 Å². The molecule has 0 amide bonds. The highest BCUT2D eigenvalue weighted by Crippen LogP contribution is 2.43. The number of carbonyl (C=O) groups is 1. The van der Waals surface area contributed by atoms with E-state index in [0.717, 1.165) is 17.1 Å². The molecule has 0 spiro atoms. The van der Waals surface area contributed by atoms with Gasteiger partial charge in [-0.15, -0.1) is 11.8 Å². The number of thioether (sulfide) groups is 1. The zero-order valence-electron chi connectivity index (χ0n) is 12.8. The van der Waals surface area contributed by atoms with Crippen LogP contribution in [-0.2, 0) is 4.79 Å². The van der Waals surface area contributed by atoms with Crippen LogP contribution in [0.2, 0.25) is 0 Å². The van der Waals surface area contributed by atoms with Gasteiger partial charge in [0, 0.05) is 16.2 Å². The summed E-state index contributed by atoms with van der Waals surface area (Å²) in [6.07, 6.45) is 2.21. The number of nitrogens with one attached hydrogen (secondary N) is 1. The predicted octanol–water partition coefficient (Wildman–Crippen LogP) is 3.16. The first kappa shape index (κ1) is 16.2. The van der Waals surface area contributed by atoms with E-state index in [0.29, 0.717) is 18.1 Å². The van der Waals surface area contributed by atoms with Crippen LogP contribution < -0.4 is 10.1 Å². The Morgan fingerprint density at radius 3 is 2.81 bits per heavy atom. The number of hydrogen-bond donors (Lipinski definition) is 2. The molecule has 2 rings (SSSR count). The van der Waals surface area contributed by atoms with Gasteiger partial charge in [0.15, 0.2) is 0 Å². The Morgan fingerprint density at radius 1 is 1.48 bits per heavy atom. The summed E-state index contributed by atoms with van der Waals surface area (Å²) in [5, 5.41) is 13.2. The summed E-state index contributed by atoms with van der Waals surface area (Å²) < 4.78 is 5.37. The fourth-order valence-electron chi connectivity index (χ4n) is 2.94. The highest BCUT2D eigenvalue weighted by atomic mass is 32.2. The van der Waals surface area contributed by atoms with Crippen molar-refractivity contribution in [1.82, 2.24) is 5.32 Å². The molecule has 1 aromatic rings. The first-order valence-electron chi connectivity index (χ1n) is 7.27. The second-order valence-electron chi connectivity index (χ2n) is 5.82. The monoisotopic (exact) mass is 309 g/mol. The van der Waals surface area contributed by atoms with Crippen LogP contribution in [0, 0.1) is 0 Å². The minimum atomic E-state index is -0.784. The zero-order chi connectivity index (χ0) is 15.5. The smallest absolute Gasteiger partial charge is 0.323 e. The summed E-state index contributed by atoms with van der Waals surface area (Å²) in [7, 11) is 1.66. The number of aliphatic carboxylic acids is 1. The molecule has 116 valence electrons. The van der Waals surface area contributed by atoms with Gasteiger partial charge < -0.3 is 9.84 Å². The number of para-hydroxylation sites is 1. The van der Waals surface area contributed by atoms with Gasteiger partial charge in [-0.25, -0.2) is 0 Å². The molecule has 4 nitrogen and oxygen atoms in total. The Hall–Kier alpha value is -1.20. The third-order valence-corrected chi connectivity index (χ3v) is 5.13. The van der Waals surface area contributed by atoms with E-state index in [-0.39, 0.29) is 6.04 Å². The lowest BCUT2D eigenvalue weighted by Crippen LogP contribution is -2.53. The number of carboxylic acids is 1. The molecule has 2 N–H and O–H groups in total. The van der Waals surface area contributed by atoms with Crippen LogP contribution in [0.1, 0.15) is 33.1 Å². The van der Waals surface area contributed by atoms with E-state index < -0.39 is 11.5 Å². The number of carboxylic acid groups (broad SMARTS) is 1. The standard InChI is InChI=1S/C16H23NO3S/c1-11(2)17-16(15(18)19)9-8-12(10-16)21-14-7-5-4-6-13(14)20-3/h4-7,11-12,17H,8-10H2,1-3H3,(H,18,19). The lowest BCUT2D eigenvalue weighted by Gasteiger charge is -2.28. The quantitative estimate of drug-likeness (QED) is 0.845. The number of methoxy groups -OCH3 is 1. The van der Waals surface area contributed by atoms with Gasteiger partial charge >= 0.3 is 5.97 Å². The fraction of sp³-hybridized carbons (Fsp3) is 0.562. The Morgan fingerprint density at radius 2 is 2.19 bits per heavy atom. The normalized spacial score (nSPS) is 25.2. The van der Waals surface area contributed by atoms with Crippen molar-refractivity contribution in [3.8, 4) is 5.75 Å². The SMILES string of the molecule is COc1ccccc1SC1CCC(NC(C)C)(C(=O)O)C1. The summed E-state index contributed by atoms with van der Waals surface area (Å²) in [6.45, 7) is 3.98. The van der Waals surface area contributed by atoms with Gasteiger partial charge in [0.2, 0.25) is 0 Å². The van der Waals surface area contributed by atoms with E-state index in [1.807, 2.05) is 38.1 Å². The third-order valence-electron chi connectivity index (χ3n) is 3.81. The molecule has 1 fully saturated rings. The first-order valence-corrected chi connectivity index (χ1v) is 8.15. The summed E-state index contributed by atoms with van der Waals surface area (Å²) in [6, 6.07) is 8.06. The lowest BCUT2D eigenvalue weighted by atomic mass is 9.97. The van der Waals surface area contributed by atoms with Gasteiger partial charge in [-0.05, 0) is 45.2 Å². The molecule has 1 aromatic carbocycles. The minimum absolute atomic E-state index is 0.163. The van der Waals surface area contributed by atoms with Gasteiger partial charge in [-0.2, -0.15) is 0 Å². The summed E-state index contributed by atoms with van der Waals surface area (Å²) in [4.78, 5) is 12.8. The van der Waals surface area contributed by atoms with Gasteiger partial charge in [-0.3, -0.25) is 10.1 Å². The molecule has 0 saturated heterocycles. The number of ether oxygens (including phenoxy) is 1. The van der Waals surface area contributed by atoms with Crippen LogP contribution >= 0.6 is 11.8 Å². The molecule has 1 saturated carbocycles. The molecule has 21 heavy (non-hydrogen) atoms. The molecule has 1 aliphatic rings. The average Bonchev–Trinajstić information content (AvgIpc) is 2.83. The minimum Gasteiger partial charge on any atom is -0.496 e. The molecule has 2 atom stereocenters. The Bertz CT molecular complexity index is 506. The molecule has 1 aliphatic carbocycles. The molecule has 0 bridgehead atoms. The van der Waals surface area contributed by atoms with E-state index in [9.17, 15) is 9.90 Å². The summed E-state index contributed by atoms with van der Waals surface area (Å²) in [5.74, 6) is 0.117. The van der Waals surface area contributed by atoms with E-state index in [4.69, 9.17) is 4.74 Å². The van der Waals surface area contributed by atoms with Crippen molar-refractivity contribution in [2.24, 2.45) is 0 Å². The maximum Gasteiger partial charge on any atom is 0.323 e. The second-order valence-corrected chi connectivity index (χ2v) is 7.16. The van der Waals surface area contributed by atoms with E-state index in [2.05, 4.69) is 5.32 Å². The summed E-state index contributed by atoms with van der Waals surface area (Å²) in [5.41, 5.74) is -0.784. The van der Waals surface area contributed by atoms with Gasteiger partial charge in [-0.1, -0.05) is 12.1 Å². The highest BCUT2D eigenvalue weighted by Gasteiger charge is 2.46. The Labute approximate surface area is 130 Å². The number of benzene rings is 1. The molecular formula is C16H23NO3S. The van der Waals surface area contributed by atoms with E-state index >= 15 is 0 Å². The molecule has 0 aliphatic heterocycles. The van der Waals surface area contributed by atoms with Crippen molar-refractivity contribution < 1.29 is 14.6 Å². The average molecular weight is 309 g/mol.